The lowest BCUT2D eigenvalue weighted by atomic mass is 10.2. The number of hydrogen-bond donors (Lipinski definition) is 0. The predicted octanol–water partition coefficient (Wildman–Crippen LogP) is 1.95. The van der Waals surface area contributed by atoms with Crippen molar-refractivity contribution in [1.29, 1.82) is 0 Å². The molecule has 0 saturated carbocycles. The fourth-order valence-electron chi connectivity index (χ4n) is 2.82. The van der Waals surface area contributed by atoms with E-state index in [2.05, 4.69) is 20.0 Å². The Morgan fingerprint density at radius 2 is 2.09 bits per heavy atom. The van der Waals surface area contributed by atoms with Crippen molar-refractivity contribution in [1.82, 2.24) is 20.0 Å². The Balaban J connectivity index is 1.53. The Labute approximate surface area is 136 Å². The van der Waals surface area contributed by atoms with E-state index < -0.39 is 0 Å². The van der Waals surface area contributed by atoms with Gasteiger partial charge in [0.25, 0.3) is 11.6 Å². The number of nitrogens with zero attached hydrogens (tertiary/aromatic N) is 5. The fourth-order valence-corrected chi connectivity index (χ4v) is 3.51. The number of aryl methyl sites for hydroxylation is 1. The van der Waals surface area contributed by atoms with Crippen molar-refractivity contribution in [2.75, 3.05) is 31.1 Å². The van der Waals surface area contributed by atoms with Gasteiger partial charge in [-0.2, -0.15) is 4.98 Å². The maximum Gasteiger partial charge on any atom is 0.264 e. The summed E-state index contributed by atoms with van der Waals surface area (Å²) >= 11 is 1.48. The maximum atomic E-state index is 12.4. The molecule has 1 aliphatic rings. The molecule has 4 heterocycles. The van der Waals surface area contributed by atoms with Gasteiger partial charge in [0, 0.05) is 26.2 Å². The minimum Gasteiger partial charge on any atom is -0.352 e. The lowest BCUT2D eigenvalue weighted by molar-refractivity contribution is 0.0751. The zero-order valence-corrected chi connectivity index (χ0v) is 13.4. The highest BCUT2D eigenvalue weighted by atomic mass is 32.1. The average Bonchev–Trinajstić information content (AvgIpc) is 3.25. The van der Waals surface area contributed by atoms with Crippen LogP contribution in [0.25, 0.3) is 11.1 Å². The average molecular weight is 329 g/mol. The van der Waals surface area contributed by atoms with Crippen molar-refractivity contribution in [3.8, 4) is 0 Å². The molecule has 0 spiro atoms. The van der Waals surface area contributed by atoms with Crippen LogP contribution in [0.5, 0.6) is 0 Å². The van der Waals surface area contributed by atoms with Crippen LogP contribution in [0, 0.1) is 6.92 Å². The number of rotatable bonds is 2. The van der Waals surface area contributed by atoms with Crippen LogP contribution >= 0.6 is 11.3 Å². The van der Waals surface area contributed by atoms with E-state index in [0.717, 1.165) is 34.9 Å². The van der Waals surface area contributed by atoms with Crippen LogP contribution < -0.4 is 4.90 Å². The SMILES string of the molecule is Cc1noc2ncnc(N3CCN(C(=O)c4cccs4)CC3)c12. The van der Waals surface area contributed by atoms with E-state index in [4.69, 9.17) is 4.52 Å². The highest BCUT2D eigenvalue weighted by Gasteiger charge is 2.25. The first-order valence-corrected chi connectivity index (χ1v) is 8.26. The van der Waals surface area contributed by atoms with Crippen molar-refractivity contribution >= 4 is 34.2 Å². The number of anilines is 1. The van der Waals surface area contributed by atoms with Crippen molar-refractivity contribution in [3.63, 3.8) is 0 Å². The molecule has 1 amide bonds. The Kier molecular flexibility index (Phi) is 3.45. The molecule has 0 unspecified atom stereocenters. The summed E-state index contributed by atoms with van der Waals surface area (Å²) in [6.07, 6.45) is 1.49. The molecule has 0 bridgehead atoms. The van der Waals surface area contributed by atoms with Crippen molar-refractivity contribution in [3.05, 3.63) is 34.4 Å². The molecule has 1 fully saturated rings. The van der Waals surface area contributed by atoms with Gasteiger partial charge in [-0.05, 0) is 18.4 Å². The van der Waals surface area contributed by atoms with Gasteiger partial charge in [-0.1, -0.05) is 11.2 Å². The minimum absolute atomic E-state index is 0.105. The lowest BCUT2D eigenvalue weighted by Gasteiger charge is -2.35. The Bertz CT molecular complexity index is 837. The van der Waals surface area contributed by atoms with E-state index in [1.165, 1.54) is 17.7 Å². The molecule has 0 aliphatic carbocycles. The highest BCUT2D eigenvalue weighted by Crippen LogP contribution is 2.26. The number of thiophene rings is 1. The van der Waals surface area contributed by atoms with Crippen molar-refractivity contribution < 1.29 is 9.32 Å². The second-order valence-electron chi connectivity index (χ2n) is 5.40. The molecular formula is C15H15N5O2S. The van der Waals surface area contributed by atoms with E-state index >= 15 is 0 Å². The molecule has 0 aromatic carbocycles. The molecule has 3 aromatic heterocycles. The fraction of sp³-hybridized carbons (Fsp3) is 0.333. The summed E-state index contributed by atoms with van der Waals surface area (Å²) in [6, 6.07) is 3.77. The standard InChI is InChI=1S/C15H15N5O2S/c1-10-12-13(16-9-17-14(12)22-18-10)19-4-6-20(7-5-19)15(21)11-3-2-8-23-11/h2-3,8-9H,4-7H2,1H3. The number of fused-ring (bicyclic) bond motifs is 1. The quantitative estimate of drug-likeness (QED) is 0.715. The van der Waals surface area contributed by atoms with E-state index in [1.54, 1.807) is 0 Å². The monoisotopic (exact) mass is 329 g/mol. The summed E-state index contributed by atoms with van der Waals surface area (Å²) in [4.78, 5) is 25.7. The van der Waals surface area contributed by atoms with Crippen LogP contribution in [0.15, 0.2) is 28.4 Å². The van der Waals surface area contributed by atoms with Crippen LogP contribution in [0.1, 0.15) is 15.4 Å². The van der Waals surface area contributed by atoms with E-state index in [9.17, 15) is 4.79 Å². The van der Waals surface area contributed by atoms with Gasteiger partial charge in [0.15, 0.2) is 0 Å². The van der Waals surface area contributed by atoms with Gasteiger partial charge >= 0.3 is 0 Å². The number of piperazine rings is 1. The van der Waals surface area contributed by atoms with Crippen molar-refractivity contribution in [2.24, 2.45) is 0 Å². The third kappa shape index (κ3) is 2.44. The molecule has 1 saturated heterocycles. The molecule has 23 heavy (non-hydrogen) atoms. The van der Waals surface area contributed by atoms with Gasteiger partial charge in [0.05, 0.1) is 10.6 Å². The smallest absolute Gasteiger partial charge is 0.264 e. The number of amides is 1. The molecular weight excluding hydrogens is 314 g/mol. The third-order valence-electron chi connectivity index (χ3n) is 4.02. The van der Waals surface area contributed by atoms with Gasteiger partial charge in [0.2, 0.25) is 0 Å². The summed E-state index contributed by atoms with van der Waals surface area (Å²) < 4.78 is 5.20. The van der Waals surface area contributed by atoms with Gasteiger partial charge in [-0.3, -0.25) is 4.79 Å². The summed E-state index contributed by atoms with van der Waals surface area (Å²) in [5, 5.41) is 6.74. The molecule has 0 N–H and O–H groups in total. The summed E-state index contributed by atoms with van der Waals surface area (Å²) in [7, 11) is 0. The second-order valence-corrected chi connectivity index (χ2v) is 6.35. The normalized spacial score (nSPS) is 15.3. The lowest BCUT2D eigenvalue weighted by Crippen LogP contribution is -2.49. The van der Waals surface area contributed by atoms with Gasteiger partial charge < -0.3 is 14.3 Å². The first-order chi connectivity index (χ1) is 11.2. The molecule has 118 valence electrons. The largest absolute Gasteiger partial charge is 0.352 e. The van der Waals surface area contributed by atoms with Gasteiger partial charge in [-0.15, -0.1) is 11.3 Å². The Morgan fingerprint density at radius 3 is 2.83 bits per heavy atom. The topological polar surface area (TPSA) is 75.4 Å². The number of hydrogen-bond acceptors (Lipinski definition) is 7. The molecule has 0 radical (unpaired) electrons. The second kappa shape index (κ2) is 5.62. The minimum atomic E-state index is 0.105. The first-order valence-electron chi connectivity index (χ1n) is 7.39. The van der Waals surface area contributed by atoms with Crippen LogP contribution in [0.2, 0.25) is 0 Å². The van der Waals surface area contributed by atoms with Gasteiger partial charge in [-0.25, -0.2) is 4.98 Å². The number of carbonyl (C=O) groups excluding carboxylic acids is 1. The van der Waals surface area contributed by atoms with Crippen LogP contribution in [-0.2, 0) is 0 Å². The third-order valence-corrected chi connectivity index (χ3v) is 4.88. The molecule has 3 aromatic rings. The van der Waals surface area contributed by atoms with Crippen LogP contribution in [0.4, 0.5) is 5.82 Å². The van der Waals surface area contributed by atoms with E-state index in [0.29, 0.717) is 18.8 Å². The summed E-state index contributed by atoms with van der Waals surface area (Å²) in [5.74, 6) is 0.936. The summed E-state index contributed by atoms with van der Waals surface area (Å²) in [6.45, 7) is 4.69. The molecule has 1 aliphatic heterocycles. The Hall–Kier alpha value is -2.48. The van der Waals surface area contributed by atoms with Crippen LogP contribution in [0.3, 0.4) is 0 Å². The van der Waals surface area contributed by atoms with Crippen molar-refractivity contribution in [2.45, 2.75) is 6.92 Å². The number of carbonyl (C=O) groups is 1. The molecule has 4 rings (SSSR count). The Morgan fingerprint density at radius 1 is 1.26 bits per heavy atom. The van der Waals surface area contributed by atoms with E-state index in [-0.39, 0.29) is 5.91 Å². The zero-order chi connectivity index (χ0) is 15.8. The predicted molar refractivity (Wildman–Crippen MR) is 86.8 cm³/mol. The first kappa shape index (κ1) is 14.1. The van der Waals surface area contributed by atoms with Crippen LogP contribution in [-0.4, -0.2) is 52.1 Å². The van der Waals surface area contributed by atoms with Gasteiger partial charge in [0.1, 0.15) is 17.5 Å². The summed E-state index contributed by atoms with van der Waals surface area (Å²) in [5.41, 5.74) is 1.29. The number of aromatic nitrogens is 3. The highest BCUT2D eigenvalue weighted by molar-refractivity contribution is 7.12. The molecule has 8 heteroatoms. The zero-order valence-electron chi connectivity index (χ0n) is 12.6. The van der Waals surface area contributed by atoms with E-state index in [1.807, 2.05) is 29.3 Å². The molecule has 0 atom stereocenters. The molecule has 7 nitrogen and oxygen atoms in total. The maximum absolute atomic E-state index is 12.4.